The van der Waals surface area contributed by atoms with Crippen molar-refractivity contribution >= 4 is 24.6 Å². The number of methoxy groups -OCH3 is 1. The maximum absolute atomic E-state index is 13.6. The average Bonchev–Trinajstić information content (AvgIpc) is 2.80. The van der Waals surface area contributed by atoms with Crippen LogP contribution in [-0.2, 0) is 18.8 Å². The Bertz CT molecular complexity index is 687. The van der Waals surface area contributed by atoms with Gasteiger partial charge in [-0.25, -0.2) is 4.39 Å². The molecule has 1 heterocycles. The summed E-state index contributed by atoms with van der Waals surface area (Å²) < 4.78 is 36.7. The van der Waals surface area contributed by atoms with Crippen molar-refractivity contribution in [2.24, 2.45) is 11.7 Å². The average molecular weight is 416 g/mol. The molecule has 0 bridgehead atoms. The normalized spacial score (nSPS) is 20.0. The van der Waals surface area contributed by atoms with Crippen molar-refractivity contribution in [3.8, 4) is 5.75 Å². The number of halogens is 2. The van der Waals surface area contributed by atoms with E-state index in [4.69, 9.17) is 36.1 Å². The van der Waals surface area contributed by atoms with Crippen molar-refractivity contribution in [3.05, 3.63) is 29.0 Å². The number of hydrogen-bond acceptors (Lipinski definition) is 5. The zero-order valence-electron chi connectivity index (χ0n) is 17.0. The van der Waals surface area contributed by atoms with Crippen LogP contribution in [0.2, 0.25) is 10.8 Å². The molecule has 0 aromatic heterocycles. The van der Waals surface area contributed by atoms with Gasteiger partial charge in [0.2, 0.25) is 5.91 Å². The van der Waals surface area contributed by atoms with Crippen LogP contribution in [0, 0.1) is 11.7 Å². The van der Waals surface area contributed by atoms with E-state index in [-0.39, 0.29) is 18.2 Å². The van der Waals surface area contributed by atoms with Crippen molar-refractivity contribution in [3.63, 3.8) is 0 Å². The molecule has 0 saturated carbocycles. The van der Waals surface area contributed by atoms with E-state index in [1.807, 2.05) is 27.7 Å². The van der Waals surface area contributed by atoms with Crippen LogP contribution in [0.25, 0.3) is 0 Å². The van der Waals surface area contributed by atoms with E-state index < -0.39 is 41.8 Å². The van der Waals surface area contributed by atoms with Crippen LogP contribution in [-0.4, -0.2) is 44.6 Å². The van der Waals surface area contributed by atoms with Crippen LogP contribution in [0.3, 0.4) is 0 Å². The third-order valence-electron chi connectivity index (χ3n) is 5.46. The summed E-state index contributed by atoms with van der Waals surface area (Å²) in [4.78, 5) is 12.1. The third-order valence-corrected chi connectivity index (χ3v) is 5.77. The van der Waals surface area contributed by atoms with Crippen molar-refractivity contribution in [2.45, 2.75) is 51.1 Å². The van der Waals surface area contributed by atoms with Crippen LogP contribution in [0.15, 0.2) is 18.2 Å². The zero-order valence-corrected chi connectivity index (χ0v) is 17.7. The minimum atomic E-state index is -0.650. The van der Waals surface area contributed by atoms with E-state index in [0.717, 1.165) is 0 Å². The number of nitrogens with two attached hydrogens (primary N) is 1. The second kappa shape index (κ2) is 8.99. The predicted octanol–water partition coefficient (Wildman–Crippen LogP) is 3.46. The molecule has 1 aliphatic heterocycles. The predicted molar refractivity (Wildman–Crippen MR) is 106 cm³/mol. The van der Waals surface area contributed by atoms with Gasteiger partial charge in [0, 0.05) is 19.0 Å². The summed E-state index contributed by atoms with van der Waals surface area (Å²) in [5.41, 5.74) is 4.51. The van der Waals surface area contributed by atoms with Crippen molar-refractivity contribution in [1.29, 1.82) is 0 Å². The van der Waals surface area contributed by atoms with Gasteiger partial charge in [-0.05, 0) is 46.2 Å². The van der Waals surface area contributed by atoms with Gasteiger partial charge in [-0.15, -0.1) is 0 Å². The monoisotopic (exact) mass is 415 g/mol. The van der Waals surface area contributed by atoms with Gasteiger partial charge in [-0.1, -0.05) is 11.6 Å². The number of rotatable bonds is 9. The lowest BCUT2D eigenvalue weighted by molar-refractivity contribution is -0.123. The summed E-state index contributed by atoms with van der Waals surface area (Å²) in [7, 11) is 0.854. The topological polar surface area (TPSA) is 80.0 Å². The van der Waals surface area contributed by atoms with Gasteiger partial charge in [0.05, 0.1) is 35.4 Å². The van der Waals surface area contributed by atoms with E-state index in [2.05, 4.69) is 0 Å². The summed E-state index contributed by atoms with van der Waals surface area (Å²) in [5.74, 6) is -1.73. The fourth-order valence-corrected chi connectivity index (χ4v) is 3.18. The zero-order chi connectivity index (χ0) is 21.1. The minimum absolute atomic E-state index is 0.0244. The molecule has 9 heteroatoms. The Kier molecular flexibility index (Phi) is 7.36. The number of primary amides is 1. The number of carbonyl (C=O) groups is 1. The number of ether oxygens (including phenoxy) is 2. The van der Waals surface area contributed by atoms with Gasteiger partial charge < -0.3 is 24.5 Å². The molecule has 28 heavy (non-hydrogen) atoms. The summed E-state index contributed by atoms with van der Waals surface area (Å²) in [6.45, 7) is 8.10. The lowest BCUT2D eigenvalue weighted by Crippen LogP contribution is -2.41. The SMILES string of the molecule is COCC(C(N)=O)[C@@H](CCOc1ccc(Cl)c(F)c1)B1OC(C)(C)C(C)(C)O1. The molecule has 0 spiro atoms. The molecule has 2 rings (SSSR count). The molecular formula is C19H28BClFNO5. The van der Waals surface area contributed by atoms with Crippen LogP contribution in [0.5, 0.6) is 5.75 Å². The molecule has 2 N–H and O–H groups in total. The van der Waals surface area contributed by atoms with Crippen LogP contribution < -0.4 is 10.5 Å². The third kappa shape index (κ3) is 5.17. The number of hydrogen-bond donors (Lipinski definition) is 1. The van der Waals surface area contributed by atoms with Crippen molar-refractivity contribution in [2.75, 3.05) is 20.3 Å². The second-order valence-electron chi connectivity index (χ2n) is 7.97. The van der Waals surface area contributed by atoms with Crippen LogP contribution in [0.1, 0.15) is 34.1 Å². The van der Waals surface area contributed by atoms with Crippen LogP contribution in [0.4, 0.5) is 4.39 Å². The molecule has 1 unspecified atom stereocenters. The first-order valence-corrected chi connectivity index (χ1v) is 9.58. The first kappa shape index (κ1) is 22.9. The summed E-state index contributed by atoms with van der Waals surface area (Å²) in [6.07, 6.45) is 0.401. The van der Waals surface area contributed by atoms with E-state index in [9.17, 15) is 9.18 Å². The highest BCUT2D eigenvalue weighted by molar-refractivity contribution is 6.48. The molecule has 2 atom stereocenters. The standard InChI is InChI=1S/C19H28BClFNO5/c1-18(2)19(3,4)28-20(27-18)14(13(11-25-5)17(23)24)8-9-26-12-6-7-15(21)16(22)10-12/h6-7,10,13-14H,8-9,11H2,1-5H3,(H2,23,24)/t13?,14-/m1/s1. The highest BCUT2D eigenvalue weighted by atomic mass is 35.5. The molecule has 0 aliphatic carbocycles. The first-order valence-electron chi connectivity index (χ1n) is 9.20. The molecule has 1 amide bonds. The van der Waals surface area contributed by atoms with Gasteiger partial charge in [-0.2, -0.15) is 0 Å². The lowest BCUT2D eigenvalue weighted by atomic mass is 9.63. The van der Waals surface area contributed by atoms with Crippen LogP contribution >= 0.6 is 11.6 Å². The summed E-state index contributed by atoms with van der Waals surface area (Å²) in [5, 5.41) is 0.0244. The Balaban J connectivity index is 2.14. The molecule has 1 aliphatic rings. The first-order chi connectivity index (χ1) is 13.0. The molecular weight excluding hydrogens is 387 g/mol. The van der Waals surface area contributed by atoms with E-state index >= 15 is 0 Å². The largest absolute Gasteiger partial charge is 0.494 e. The van der Waals surface area contributed by atoms with Gasteiger partial charge in [0.25, 0.3) is 0 Å². The Labute approximate surface area is 170 Å². The van der Waals surface area contributed by atoms with Crippen molar-refractivity contribution in [1.82, 2.24) is 0 Å². The van der Waals surface area contributed by atoms with Gasteiger partial charge in [-0.3, -0.25) is 4.79 Å². The molecule has 156 valence electrons. The highest BCUT2D eigenvalue weighted by Crippen LogP contribution is 2.43. The van der Waals surface area contributed by atoms with E-state index in [0.29, 0.717) is 12.2 Å². The number of carbonyl (C=O) groups excluding carboxylic acids is 1. The Hall–Kier alpha value is -1.35. The molecule has 1 saturated heterocycles. The van der Waals surface area contributed by atoms with E-state index in [1.54, 1.807) is 6.07 Å². The quantitative estimate of drug-likeness (QED) is 0.625. The number of amides is 1. The van der Waals surface area contributed by atoms with E-state index in [1.165, 1.54) is 19.2 Å². The lowest BCUT2D eigenvalue weighted by Gasteiger charge is -2.32. The Morgan fingerprint density at radius 2 is 1.89 bits per heavy atom. The smallest absolute Gasteiger partial charge is 0.462 e. The maximum atomic E-state index is 13.6. The molecule has 0 radical (unpaired) electrons. The molecule has 6 nitrogen and oxygen atoms in total. The second-order valence-corrected chi connectivity index (χ2v) is 8.37. The molecule has 1 aromatic rings. The fraction of sp³-hybridized carbons (Fsp3) is 0.632. The van der Waals surface area contributed by atoms with Crippen molar-refractivity contribution < 1.29 is 28.0 Å². The highest BCUT2D eigenvalue weighted by Gasteiger charge is 2.55. The summed E-state index contributed by atoms with van der Waals surface area (Å²) >= 11 is 5.69. The Morgan fingerprint density at radius 1 is 1.29 bits per heavy atom. The molecule has 1 aromatic carbocycles. The van der Waals surface area contributed by atoms with Gasteiger partial charge in [0.1, 0.15) is 11.6 Å². The number of benzene rings is 1. The molecule has 1 fully saturated rings. The fourth-order valence-electron chi connectivity index (χ4n) is 3.07. The maximum Gasteiger partial charge on any atom is 0.462 e. The Morgan fingerprint density at radius 3 is 2.39 bits per heavy atom. The van der Waals surface area contributed by atoms with Gasteiger partial charge in [0.15, 0.2) is 0 Å². The van der Waals surface area contributed by atoms with Gasteiger partial charge >= 0.3 is 7.12 Å². The minimum Gasteiger partial charge on any atom is -0.494 e. The summed E-state index contributed by atoms with van der Waals surface area (Å²) in [6, 6.07) is 4.22.